The number of amides is 2. The highest BCUT2D eigenvalue weighted by molar-refractivity contribution is 5.87. The molecule has 3 saturated heterocycles. The molecule has 0 aromatic heterocycles. The first kappa shape index (κ1) is 21.3. The van der Waals surface area contributed by atoms with Crippen LogP contribution in [0.4, 0.5) is 0 Å². The molecule has 9 heteroatoms. The Balaban J connectivity index is 1.38. The molecule has 0 radical (unpaired) electrons. The quantitative estimate of drug-likeness (QED) is 0.628. The molecule has 0 saturated carbocycles. The number of piperazine rings is 1. The van der Waals surface area contributed by atoms with Crippen LogP contribution < -0.4 is 10.5 Å². The van der Waals surface area contributed by atoms with E-state index in [1.54, 1.807) is 17.0 Å². The average molecular weight is 425 g/mol. The summed E-state index contributed by atoms with van der Waals surface area (Å²) in [7, 11) is 0. The first-order chi connectivity index (χ1) is 14.9. The van der Waals surface area contributed by atoms with Gasteiger partial charge in [-0.05, 0) is 43.9 Å². The lowest BCUT2D eigenvalue weighted by molar-refractivity contribution is -0.141. The van der Waals surface area contributed by atoms with Crippen LogP contribution in [0.2, 0.25) is 0 Å². The van der Waals surface area contributed by atoms with Crippen LogP contribution >= 0.6 is 0 Å². The van der Waals surface area contributed by atoms with Gasteiger partial charge in [-0.1, -0.05) is 12.1 Å². The molecule has 1 aromatic carbocycles. The van der Waals surface area contributed by atoms with Gasteiger partial charge in [0, 0.05) is 25.7 Å². The number of nitrogens with zero attached hydrogens (tertiary/aromatic N) is 4. The number of ether oxygens (including phenoxy) is 1. The van der Waals surface area contributed by atoms with E-state index in [4.69, 9.17) is 10.5 Å². The maximum Gasteiger partial charge on any atom is 0.298 e. The molecule has 3 aliphatic heterocycles. The zero-order chi connectivity index (χ0) is 22.1. The van der Waals surface area contributed by atoms with Gasteiger partial charge in [0.15, 0.2) is 0 Å². The van der Waals surface area contributed by atoms with E-state index < -0.39 is 12.1 Å². The van der Waals surface area contributed by atoms with E-state index in [1.165, 1.54) is 0 Å². The molecule has 5 atom stereocenters. The van der Waals surface area contributed by atoms with Crippen LogP contribution in [-0.4, -0.2) is 76.8 Å². The van der Waals surface area contributed by atoms with Crippen molar-refractivity contribution in [3.63, 3.8) is 0 Å². The standard InChI is InChI=1S/C22H27N5O4/c1-14(15-4-6-18(7-5-15)31-13-28)27-17-9-20(22(27)30)25(11-17)12-19(24)21(29)26-8-2-3-16(26)10-23/h4-7,13-14,16-17,19-20H,2-3,8-9,11-12,24H2,1H3/t14-,16+,17-,19+,20-/m1/s1. The van der Waals surface area contributed by atoms with Gasteiger partial charge in [-0.3, -0.25) is 19.3 Å². The van der Waals surface area contributed by atoms with Crippen LogP contribution in [0.1, 0.15) is 37.8 Å². The van der Waals surface area contributed by atoms with Crippen molar-refractivity contribution < 1.29 is 19.1 Å². The summed E-state index contributed by atoms with van der Waals surface area (Å²) < 4.78 is 4.83. The monoisotopic (exact) mass is 425 g/mol. The Morgan fingerprint density at radius 3 is 2.77 bits per heavy atom. The van der Waals surface area contributed by atoms with Gasteiger partial charge in [-0.25, -0.2) is 0 Å². The van der Waals surface area contributed by atoms with Crippen molar-refractivity contribution >= 4 is 18.3 Å². The van der Waals surface area contributed by atoms with Crippen molar-refractivity contribution in [2.24, 2.45) is 5.73 Å². The predicted octanol–water partition coefficient (Wildman–Crippen LogP) is 0.410. The third-order valence-electron chi connectivity index (χ3n) is 6.71. The number of carbonyl (C=O) groups excluding carboxylic acids is 3. The minimum absolute atomic E-state index is 0.0488. The molecule has 0 unspecified atom stereocenters. The van der Waals surface area contributed by atoms with Gasteiger partial charge in [0.2, 0.25) is 11.8 Å². The number of nitrogens with two attached hydrogens (primary N) is 1. The molecular formula is C22H27N5O4. The molecule has 3 aliphatic rings. The fourth-order valence-electron chi connectivity index (χ4n) is 5.15. The van der Waals surface area contributed by atoms with E-state index in [0.717, 1.165) is 18.4 Å². The maximum absolute atomic E-state index is 13.1. The second kappa shape index (κ2) is 8.65. The third kappa shape index (κ3) is 3.89. The van der Waals surface area contributed by atoms with Gasteiger partial charge in [0.05, 0.1) is 24.2 Å². The van der Waals surface area contributed by atoms with E-state index >= 15 is 0 Å². The van der Waals surface area contributed by atoms with Gasteiger partial charge in [-0.2, -0.15) is 5.26 Å². The van der Waals surface area contributed by atoms with Gasteiger partial charge in [0.25, 0.3) is 6.47 Å². The number of fused-ring (bicyclic) bond motifs is 2. The Morgan fingerprint density at radius 2 is 2.13 bits per heavy atom. The van der Waals surface area contributed by atoms with Crippen LogP contribution in [0.25, 0.3) is 0 Å². The number of hydrogen-bond acceptors (Lipinski definition) is 7. The Hall–Kier alpha value is -2.96. The molecular weight excluding hydrogens is 398 g/mol. The maximum atomic E-state index is 13.1. The molecule has 31 heavy (non-hydrogen) atoms. The number of likely N-dealkylation sites (tertiary alicyclic amines) is 3. The lowest BCUT2D eigenvalue weighted by atomic mass is 10.1. The molecule has 3 fully saturated rings. The Bertz CT molecular complexity index is 898. The van der Waals surface area contributed by atoms with Gasteiger partial charge in [0.1, 0.15) is 11.8 Å². The largest absolute Gasteiger partial charge is 0.429 e. The second-order valence-electron chi connectivity index (χ2n) is 8.49. The highest BCUT2D eigenvalue weighted by Gasteiger charge is 2.51. The van der Waals surface area contributed by atoms with Gasteiger partial charge < -0.3 is 20.3 Å². The number of carbonyl (C=O) groups is 3. The van der Waals surface area contributed by atoms with Crippen molar-refractivity contribution in [1.29, 1.82) is 5.26 Å². The van der Waals surface area contributed by atoms with Crippen LogP contribution in [-0.2, 0) is 14.4 Å². The smallest absolute Gasteiger partial charge is 0.298 e. The summed E-state index contributed by atoms with van der Waals surface area (Å²) in [5, 5.41) is 9.22. The highest BCUT2D eigenvalue weighted by Crippen LogP contribution is 2.38. The first-order valence-corrected chi connectivity index (χ1v) is 10.7. The summed E-state index contributed by atoms with van der Waals surface area (Å²) in [5.74, 6) is 0.302. The molecule has 2 bridgehead atoms. The summed E-state index contributed by atoms with van der Waals surface area (Å²) >= 11 is 0. The summed E-state index contributed by atoms with van der Waals surface area (Å²) in [5.41, 5.74) is 7.16. The minimum Gasteiger partial charge on any atom is -0.429 e. The van der Waals surface area contributed by atoms with Gasteiger partial charge >= 0.3 is 0 Å². The molecule has 1 aromatic rings. The van der Waals surface area contributed by atoms with Crippen LogP contribution in [0.15, 0.2) is 24.3 Å². The molecule has 4 rings (SSSR count). The lowest BCUT2D eigenvalue weighted by Gasteiger charge is -2.38. The van der Waals surface area contributed by atoms with E-state index in [0.29, 0.717) is 38.3 Å². The Kier molecular flexibility index (Phi) is 5.94. The molecule has 164 valence electrons. The van der Waals surface area contributed by atoms with E-state index in [-0.39, 0.29) is 29.9 Å². The molecule has 0 aliphatic carbocycles. The summed E-state index contributed by atoms with van der Waals surface area (Å²) in [4.78, 5) is 41.8. The normalized spacial score (nSPS) is 27.3. The Labute approximate surface area is 181 Å². The Morgan fingerprint density at radius 1 is 1.39 bits per heavy atom. The van der Waals surface area contributed by atoms with Crippen molar-refractivity contribution in [1.82, 2.24) is 14.7 Å². The lowest BCUT2D eigenvalue weighted by Crippen LogP contribution is -2.56. The minimum atomic E-state index is -0.739. The summed E-state index contributed by atoms with van der Waals surface area (Å²) in [6.45, 7) is 3.94. The number of benzene rings is 1. The zero-order valence-corrected chi connectivity index (χ0v) is 17.5. The van der Waals surface area contributed by atoms with Crippen LogP contribution in [0, 0.1) is 11.3 Å². The van der Waals surface area contributed by atoms with Crippen molar-refractivity contribution in [2.45, 2.75) is 56.4 Å². The van der Waals surface area contributed by atoms with E-state index in [9.17, 15) is 19.6 Å². The van der Waals surface area contributed by atoms with Crippen molar-refractivity contribution in [3.05, 3.63) is 29.8 Å². The molecule has 9 nitrogen and oxygen atoms in total. The zero-order valence-electron chi connectivity index (χ0n) is 17.5. The molecule has 2 amide bonds. The van der Waals surface area contributed by atoms with Crippen LogP contribution in [0.3, 0.4) is 0 Å². The second-order valence-corrected chi connectivity index (χ2v) is 8.49. The molecule has 0 spiro atoms. The number of rotatable bonds is 7. The van der Waals surface area contributed by atoms with Crippen molar-refractivity contribution in [3.8, 4) is 11.8 Å². The fraction of sp³-hybridized carbons (Fsp3) is 0.545. The SMILES string of the molecule is C[C@H](c1ccc(OC=O)cc1)N1C(=O)[C@H]2C[C@@H]1CN2C[C@H](N)C(=O)N1CCC[C@H]1C#N. The third-order valence-corrected chi connectivity index (χ3v) is 6.71. The topological polar surface area (TPSA) is 120 Å². The average Bonchev–Trinajstić information content (AvgIpc) is 3.48. The van der Waals surface area contributed by atoms with Gasteiger partial charge in [-0.15, -0.1) is 0 Å². The first-order valence-electron chi connectivity index (χ1n) is 10.7. The van der Waals surface area contributed by atoms with Crippen molar-refractivity contribution in [2.75, 3.05) is 19.6 Å². The number of nitriles is 1. The molecule has 2 N–H and O–H groups in total. The summed E-state index contributed by atoms with van der Waals surface area (Å²) in [6.07, 6.45) is 2.23. The van der Waals surface area contributed by atoms with Crippen LogP contribution in [0.5, 0.6) is 5.75 Å². The fourth-order valence-corrected chi connectivity index (χ4v) is 5.15. The predicted molar refractivity (Wildman–Crippen MR) is 110 cm³/mol. The highest BCUT2D eigenvalue weighted by atomic mass is 16.5. The van der Waals surface area contributed by atoms with E-state index in [2.05, 4.69) is 6.07 Å². The number of hydrogen-bond donors (Lipinski definition) is 1. The molecule has 3 heterocycles. The summed E-state index contributed by atoms with van der Waals surface area (Å²) in [6, 6.07) is 7.87. The van der Waals surface area contributed by atoms with E-state index in [1.807, 2.05) is 28.9 Å².